The molecule has 2 aromatic rings. The summed E-state index contributed by atoms with van der Waals surface area (Å²) in [4.78, 5) is 16.6. The van der Waals surface area contributed by atoms with Crippen molar-refractivity contribution in [2.75, 3.05) is 11.9 Å². The van der Waals surface area contributed by atoms with E-state index >= 15 is 0 Å². The Kier molecular flexibility index (Phi) is 4.60. The maximum absolute atomic E-state index is 12.1. The Morgan fingerprint density at radius 2 is 2.04 bits per heavy atom. The number of hydrogen-bond donors (Lipinski definition) is 1. The summed E-state index contributed by atoms with van der Waals surface area (Å²) in [5.41, 5.74) is 5.35. The number of carbonyl (C=O) groups excluding carboxylic acids is 1. The molecule has 0 fully saturated rings. The molecule has 1 aromatic carbocycles. The summed E-state index contributed by atoms with van der Waals surface area (Å²) in [6.45, 7) is 4.04. The summed E-state index contributed by atoms with van der Waals surface area (Å²) >= 11 is 0. The highest BCUT2D eigenvalue weighted by Crippen LogP contribution is 2.27. The number of ether oxygens (including phenoxy) is 1. The molecule has 0 saturated carbocycles. The molecule has 0 radical (unpaired) electrons. The highest BCUT2D eigenvalue weighted by molar-refractivity contribution is 5.92. The average Bonchev–Trinajstić information content (AvgIpc) is 2.55. The number of fused-ring (bicyclic) bond motifs is 1. The van der Waals surface area contributed by atoms with Crippen molar-refractivity contribution in [3.63, 3.8) is 0 Å². The fourth-order valence-electron chi connectivity index (χ4n) is 3.01. The van der Waals surface area contributed by atoms with Crippen LogP contribution in [-0.2, 0) is 17.6 Å². The third-order valence-electron chi connectivity index (χ3n) is 4.21. The summed E-state index contributed by atoms with van der Waals surface area (Å²) < 4.78 is 5.75. The van der Waals surface area contributed by atoms with Gasteiger partial charge in [-0.25, -0.2) is 0 Å². The van der Waals surface area contributed by atoms with Crippen LogP contribution in [0.4, 0.5) is 5.69 Å². The molecule has 0 aliphatic heterocycles. The van der Waals surface area contributed by atoms with Gasteiger partial charge in [-0.3, -0.25) is 9.78 Å². The number of amides is 1. The van der Waals surface area contributed by atoms with Crippen molar-refractivity contribution in [2.24, 2.45) is 0 Å². The zero-order valence-electron chi connectivity index (χ0n) is 13.7. The van der Waals surface area contributed by atoms with E-state index in [1.54, 1.807) is 6.20 Å². The monoisotopic (exact) mass is 310 g/mol. The summed E-state index contributed by atoms with van der Waals surface area (Å²) in [7, 11) is 0. The van der Waals surface area contributed by atoms with E-state index in [0.717, 1.165) is 47.5 Å². The summed E-state index contributed by atoms with van der Waals surface area (Å²) in [6.07, 6.45) is 6.08. The second-order valence-electron chi connectivity index (χ2n) is 6.10. The molecule has 1 aliphatic rings. The van der Waals surface area contributed by atoms with Crippen LogP contribution in [-0.4, -0.2) is 17.5 Å². The van der Waals surface area contributed by atoms with Gasteiger partial charge in [0.05, 0.1) is 0 Å². The van der Waals surface area contributed by atoms with Gasteiger partial charge in [0.25, 0.3) is 5.91 Å². The number of rotatable bonds is 4. The van der Waals surface area contributed by atoms with Crippen molar-refractivity contribution >= 4 is 11.6 Å². The number of carbonyl (C=O) groups is 1. The molecule has 1 N–H and O–H groups in total. The second kappa shape index (κ2) is 6.82. The molecule has 0 spiro atoms. The molecule has 1 aromatic heterocycles. The molecule has 3 rings (SSSR count). The largest absolute Gasteiger partial charge is 0.483 e. The van der Waals surface area contributed by atoms with Crippen LogP contribution in [0.5, 0.6) is 5.75 Å². The quantitative estimate of drug-likeness (QED) is 0.939. The van der Waals surface area contributed by atoms with Crippen molar-refractivity contribution in [3.8, 4) is 5.75 Å². The molecular formula is C19H22N2O2. The van der Waals surface area contributed by atoms with E-state index in [2.05, 4.69) is 16.4 Å². The minimum atomic E-state index is -0.140. The van der Waals surface area contributed by atoms with E-state index in [1.807, 2.05) is 32.0 Å². The zero-order chi connectivity index (χ0) is 16.2. The smallest absolute Gasteiger partial charge is 0.262 e. The fourth-order valence-corrected chi connectivity index (χ4v) is 3.01. The second-order valence-corrected chi connectivity index (χ2v) is 6.10. The molecule has 0 unspecified atom stereocenters. The minimum Gasteiger partial charge on any atom is -0.483 e. The number of benzene rings is 1. The van der Waals surface area contributed by atoms with Gasteiger partial charge in [0, 0.05) is 23.1 Å². The molecule has 23 heavy (non-hydrogen) atoms. The van der Waals surface area contributed by atoms with Crippen LogP contribution in [0.3, 0.4) is 0 Å². The first-order valence-corrected chi connectivity index (χ1v) is 8.10. The Bertz CT molecular complexity index is 725. The lowest BCUT2D eigenvalue weighted by Crippen LogP contribution is -2.21. The Morgan fingerprint density at radius 3 is 2.87 bits per heavy atom. The van der Waals surface area contributed by atoms with Crippen LogP contribution in [0, 0.1) is 13.8 Å². The molecule has 1 aliphatic carbocycles. The van der Waals surface area contributed by atoms with Crippen LogP contribution < -0.4 is 10.1 Å². The summed E-state index contributed by atoms with van der Waals surface area (Å²) in [6, 6.07) is 7.82. The number of nitrogens with one attached hydrogen (secondary N) is 1. The Balaban J connectivity index is 1.63. The number of anilines is 1. The molecular weight excluding hydrogens is 288 g/mol. The van der Waals surface area contributed by atoms with Crippen LogP contribution >= 0.6 is 0 Å². The normalized spacial score (nSPS) is 13.3. The first-order valence-electron chi connectivity index (χ1n) is 8.10. The van der Waals surface area contributed by atoms with Gasteiger partial charge in [0.1, 0.15) is 5.75 Å². The van der Waals surface area contributed by atoms with Crippen molar-refractivity contribution in [1.29, 1.82) is 0 Å². The maximum atomic E-state index is 12.1. The Hall–Kier alpha value is -2.36. The van der Waals surface area contributed by atoms with Gasteiger partial charge < -0.3 is 10.1 Å². The first-order chi connectivity index (χ1) is 11.1. The lowest BCUT2D eigenvalue weighted by atomic mass is 9.95. The van der Waals surface area contributed by atoms with E-state index < -0.39 is 0 Å². The van der Waals surface area contributed by atoms with E-state index in [9.17, 15) is 4.79 Å². The van der Waals surface area contributed by atoms with Gasteiger partial charge in [0.2, 0.25) is 0 Å². The molecule has 0 atom stereocenters. The Morgan fingerprint density at radius 1 is 1.22 bits per heavy atom. The SMILES string of the molecule is Cc1ccc(NC(=O)COc2ccnc3c2CCCC3)c(C)c1. The Labute approximate surface area is 136 Å². The van der Waals surface area contributed by atoms with Gasteiger partial charge in [-0.2, -0.15) is 0 Å². The highest BCUT2D eigenvalue weighted by atomic mass is 16.5. The molecule has 0 saturated heterocycles. The van der Waals surface area contributed by atoms with Gasteiger partial charge in [-0.05, 0) is 57.2 Å². The van der Waals surface area contributed by atoms with Crippen LogP contribution in [0.15, 0.2) is 30.5 Å². The molecule has 4 nitrogen and oxygen atoms in total. The highest BCUT2D eigenvalue weighted by Gasteiger charge is 2.16. The summed E-state index contributed by atoms with van der Waals surface area (Å²) in [5.74, 6) is 0.656. The zero-order valence-corrected chi connectivity index (χ0v) is 13.7. The van der Waals surface area contributed by atoms with E-state index in [1.165, 1.54) is 12.0 Å². The van der Waals surface area contributed by atoms with Crippen LogP contribution in [0.1, 0.15) is 35.2 Å². The summed E-state index contributed by atoms with van der Waals surface area (Å²) in [5, 5.41) is 2.91. The average molecular weight is 310 g/mol. The third-order valence-corrected chi connectivity index (χ3v) is 4.21. The molecule has 1 amide bonds. The predicted octanol–water partition coefficient (Wildman–Crippen LogP) is 3.59. The number of pyridine rings is 1. The van der Waals surface area contributed by atoms with Gasteiger partial charge in [-0.15, -0.1) is 0 Å². The molecule has 0 bridgehead atoms. The topological polar surface area (TPSA) is 51.2 Å². The number of aromatic nitrogens is 1. The van der Waals surface area contributed by atoms with Gasteiger partial charge in [-0.1, -0.05) is 17.7 Å². The predicted molar refractivity (Wildman–Crippen MR) is 90.9 cm³/mol. The number of aryl methyl sites for hydroxylation is 3. The third kappa shape index (κ3) is 3.70. The fraction of sp³-hybridized carbons (Fsp3) is 0.368. The van der Waals surface area contributed by atoms with Gasteiger partial charge >= 0.3 is 0 Å². The van der Waals surface area contributed by atoms with Gasteiger partial charge in [0.15, 0.2) is 6.61 Å². The van der Waals surface area contributed by atoms with Crippen molar-refractivity contribution < 1.29 is 9.53 Å². The van der Waals surface area contributed by atoms with Crippen molar-refractivity contribution in [2.45, 2.75) is 39.5 Å². The molecule has 120 valence electrons. The lowest BCUT2D eigenvalue weighted by Gasteiger charge is -2.18. The van der Waals surface area contributed by atoms with Crippen LogP contribution in [0.2, 0.25) is 0 Å². The number of hydrogen-bond acceptors (Lipinski definition) is 3. The standard InChI is InChI=1S/C19H22N2O2/c1-13-7-8-16(14(2)11-13)21-19(22)12-23-18-9-10-20-17-6-4-3-5-15(17)18/h7-11H,3-6,12H2,1-2H3,(H,21,22). The van der Waals surface area contributed by atoms with Crippen molar-refractivity contribution in [1.82, 2.24) is 4.98 Å². The maximum Gasteiger partial charge on any atom is 0.262 e. The van der Waals surface area contributed by atoms with Crippen LogP contribution in [0.25, 0.3) is 0 Å². The number of nitrogens with zero attached hydrogens (tertiary/aromatic N) is 1. The molecule has 1 heterocycles. The van der Waals surface area contributed by atoms with E-state index in [4.69, 9.17) is 4.74 Å². The first kappa shape index (κ1) is 15.5. The van der Waals surface area contributed by atoms with E-state index in [-0.39, 0.29) is 12.5 Å². The van der Waals surface area contributed by atoms with E-state index in [0.29, 0.717) is 0 Å². The minimum absolute atomic E-state index is 0.0176. The lowest BCUT2D eigenvalue weighted by molar-refractivity contribution is -0.118. The van der Waals surface area contributed by atoms with Crippen molar-refractivity contribution in [3.05, 3.63) is 52.8 Å². The molecule has 4 heteroatoms.